The molecule has 0 aliphatic heterocycles. The molecule has 1 N–H and O–H groups in total. The van der Waals surface area contributed by atoms with Crippen molar-refractivity contribution in [1.82, 2.24) is 19.7 Å². The summed E-state index contributed by atoms with van der Waals surface area (Å²) in [4.78, 5) is 25.6. The Hall–Kier alpha value is -3.07. The van der Waals surface area contributed by atoms with Gasteiger partial charge in [-0.3, -0.25) is 9.36 Å². The van der Waals surface area contributed by atoms with E-state index in [4.69, 9.17) is 11.6 Å². The summed E-state index contributed by atoms with van der Waals surface area (Å²) < 4.78 is 42.4. The Morgan fingerprint density at radius 2 is 1.73 bits per heavy atom. The van der Waals surface area contributed by atoms with E-state index in [1.807, 2.05) is 13.8 Å². The summed E-state index contributed by atoms with van der Waals surface area (Å²) >= 11 is 5.95. The van der Waals surface area contributed by atoms with Crippen LogP contribution in [0.2, 0.25) is 5.02 Å². The minimum absolute atomic E-state index is 0.0575. The molecule has 3 aromatic rings. The number of rotatable bonds is 7. The lowest BCUT2D eigenvalue weighted by atomic mass is 10.0. The summed E-state index contributed by atoms with van der Waals surface area (Å²) in [5, 5.41) is 7.39. The zero-order valence-electron chi connectivity index (χ0n) is 18.4. The van der Waals surface area contributed by atoms with E-state index in [2.05, 4.69) is 10.4 Å². The molecule has 1 amide bonds. The summed E-state index contributed by atoms with van der Waals surface area (Å²) in [7, 11) is 0. The van der Waals surface area contributed by atoms with Gasteiger partial charge < -0.3 is 5.32 Å². The van der Waals surface area contributed by atoms with Gasteiger partial charge >= 0.3 is 11.9 Å². The van der Waals surface area contributed by atoms with Gasteiger partial charge in [0.1, 0.15) is 6.54 Å². The SMILES string of the molecule is CC(C)Cn1c(-c2ccc(Cl)cc2)nn(CC(=O)NC(C)c2ccccc2C(F)(F)F)c1=O. The Morgan fingerprint density at radius 3 is 2.33 bits per heavy atom. The number of halogens is 4. The summed E-state index contributed by atoms with van der Waals surface area (Å²) in [5.41, 5.74) is -0.699. The molecule has 0 radical (unpaired) electrons. The van der Waals surface area contributed by atoms with Crippen LogP contribution in [0, 0.1) is 5.92 Å². The monoisotopic (exact) mass is 480 g/mol. The van der Waals surface area contributed by atoms with E-state index >= 15 is 0 Å². The molecule has 0 saturated heterocycles. The van der Waals surface area contributed by atoms with Gasteiger partial charge in [-0.2, -0.15) is 13.2 Å². The smallest absolute Gasteiger partial charge is 0.348 e. The highest BCUT2D eigenvalue weighted by Crippen LogP contribution is 2.34. The van der Waals surface area contributed by atoms with Crippen LogP contribution in [0.1, 0.15) is 37.9 Å². The van der Waals surface area contributed by atoms with Crippen LogP contribution in [0.3, 0.4) is 0 Å². The lowest BCUT2D eigenvalue weighted by Gasteiger charge is -2.19. The topological polar surface area (TPSA) is 68.9 Å². The van der Waals surface area contributed by atoms with Crippen LogP contribution in [0.4, 0.5) is 13.2 Å². The van der Waals surface area contributed by atoms with Crippen LogP contribution in [0.5, 0.6) is 0 Å². The second kappa shape index (κ2) is 9.82. The second-order valence-corrected chi connectivity index (χ2v) is 8.59. The molecule has 0 aliphatic carbocycles. The molecule has 1 atom stereocenters. The molecule has 1 heterocycles. The number of hydrogen-bond acceptors (Lipinski definition) is 3. The predicted molar refractivity (Wildman–Crippen MR) is 120 cm³/mol. The van der Waals surface area contributed by atoms with Gasteiger partial charge in [0.2, 0.25) is 5.91 Å². The first-order chi connectivity index (χ1) is 15.5. The van der Waals surface area contributed by atoms with Crippen LogP contribution >= 0.6 is 11.6 Å². The minimum atomic E-state index is -4.55. The van der Waals surface area contributed by atoms with E-state index in [1.54, 1.807) is 24.3 Å². The molecule has 10 heteroatoms. The molecule has 33 heavy (non-hydrogen) atoms. The maximum Gasteiger partial charge on any atom is 0.416 e. The molecule has 6 nitrogen and oxygen atoms in total. The number of amides is 1. The van der Waals surface area contributed by atoms with Gasteiger partial charge in [0.15, 0.2) is 5.82 Å². The number of hydrogen-bond donors (Lipinski definition) is 1. The van der Waals surface area contributed by atoms with Crippen LogP contribution in [-0.2, 0) is 24.1 Å². The number of nitrogens with zero attached hydrogens (tertiary/aromatic N) is 3. The van der Waals surface area contributed by atoms with E-state index in [-0.39, 0.29) is 11.5 Å². The number of aromatic nitrogens is 3. The molecular weight excluding hydrogens is 457 g/mol. The number of alkyl halides is 3. The van der Waals surface area contributed by atoms with Crippen molar-refractivity contribution in [3.8, 4) is 11.4 Å². The molecule has 1 aromatic heterocycles. The van der Waals surface area contributed by atoms with Crippen LogP contribution in [0.15, 0.2) is 53.3 Å². The zero-order valence-corrected chi connectivity index (χ0v) is 19.1. The standard InChI is InChI=1S/C23H24ClF3N4O2/c1-14(2)12-30-21(16-8-10-17(24)11-9-16)29-31(22(30)33)13-20(32)28-15(3)18-6-4-5-7-19(18)23(25,26)27/h4-11,14-15H,12-13H2,1-3H3,(H,28,32). The largest absolute Gasteiger partial charge is 0.416 e. The minimum Gasteiger partial charge on any atom is -0.348 e. The molecule has 0 bridgehead atoms. The number of carbonyl (C=O) groups is 1. The van der Waals surface area contributed by atoms with Crippen LogP contribution < -0.4 is 11.0 Å². The highest BCUT2D eigenvalue weighted by atomic mass is 35.5. The first-order valence-corrected chi connectivity index (χ1v) is 10.7. The summed E-state index contributed by atoms with van der Waals surface area (Å²) in [6.07, 6.45) is -4.55. The van der Waals surface area contributed by atoms with Gasteiger partial charge in [-0.25, -0.2) is 9.48 Å². The Labute approximate surface area is 194 Å². The zero-order chi connectivity index (χ0) is 24.3. The number of nitrogens with one attached hydrogen (secondary N) is 1. The van der Waals surface area contributed by atoms with Gasteiger partial charge in [-0.05, 0) is 48.7 Å². The lowest BCUT2D eigenvalue weighted by Crippen LogP contribution is -2.35. The van der Waals surface area contributed by atoms with Crippen molar-refractivity contribution in [3.63, 3.8) is 0 Å². The van der Waals surface area contributed by atoms with Crippen molar-refractivity contribution in [2.24, 2.45) is 5.92 Å². The fraction of sp³-hybridized carbons (Fsp3) is 0.348. The second-order valence-electron chi connectivity index (χ2n) is 8.15. The third kappa shape index (κ3) is 5.84. The van der Waals surface area contributed by atoms with Gasteiger partial charge in [-0.1, -0.05) is 43.6 Å². The third-order valence-corrected chi connectivity index (χ3v) is 5.23. The van der Waals surface area contributed by atoms with Gasteiger partial charge in [0.05, 0.1) is 11.6 Å². The van der Waals surface area contributed by atoms with Crippen LogP contribution in [-0.4, -0.2) is 20.3 Å². The van der Waals surface area contributed by atoms with Crippen molar-refractivity contribution in [2.75, 3.05) is 0 Å². The molecule has 1 unspecified atom stereocenters. The predicted octanol–water partition coefficient (Wildman–Crippen LogP) is 4.92. The number of carbonyl (C=O) groups excluding carboxylic acids is 1. The van der Waals surface area contributed by atoms with E-state index in [9.17, 15) is 22.8 Å². The van der Waals surface area contributed by atoms with Gasteiger partial charge in [0, 0.05) is 17.1 Å². The molecule has 0 fully saturated rings. The van der Waals surface area contributed by atoms with E-state index in [1.165, 1.54) is 29.7 Å². The van der Waals surface area contributed by atoms with Crippen molar-refractivity contribution in [1.29, 1.82) is 0 Å². The molecule has 0 saturated carbocycles. The van der Waals surface area contributed by atoms with Crippen LogP contribution in [0.25, 0.3) is 11.4 Å². The maximum atomic E-state index is 13.3. The normalized spacial score (nSPS) is 12.7. The molecule has 0 spiro atoms. The molecule has 0 aliphatic rings. The Morgan fingerprint density at radius 1 is 1.09 bits per heavy atom. The molecule has 176 valence electrons. The summed E-state index contributed by atoms with van der Waals surface area (Å²) in [6, 6.07) is 10.9. The highest BCUT2D eigenvalue weighted by molar-refractivity contribution is 6.30. The first-order valence-electron chi connectivity index (χ1n) is 10.4. The van der Waals surface area contributed by atoms with E-state index in [0.29, 0.717) is 23.0 Å². The quantitative estimate of drug-likeness (QED) is 0.522. The molecular formula is C23H24ClF3N4O2. The van der Waals surface area contributed by atoms with Crippen molar-refractivity contribution in [3.05, 3.63) is 75.2 Å². The van der Waals surface area contributed by atoms with Crippen molar-refractivity contribution < 1.29 is 18.0 Å². The lowest BCUT2D eigenvalue weighted by molar-refractivity contribution is -0.138. The average molecular weight is 481 g/mol. The molecule has 3 rings (SSSR count). The third-order valence-electron chi connectivity index (χ3n) is 4.98. The Balaban J connectivity index is 1.86. The Bertz CT molecular complexity index is 1180. The van der Waals surface area contributed by atoms with Gasteiger partial charge in [0.25, 0.3) is 0 Å². The highest BCUT2D eigenvalue weighted by Gasteiger charge is 2.34. The Kier molecular flexibility index (Phi) is 7.31. The van der Waals surface area contributed by atoms with Gasteiger partial charge in [-0.15, -0.1) is 5.10 Å². The first kappa shape index (κ1) is 24.6. The van der Waals surface area contributed by atoms with E-state index < -0.39 is 35.9 Å². The fourth-order valence-corrected chi connectivity index (χ4v) is 3.65. The number of benzene rings is 2. The average Bonchev–Trinajstić information content (AvgIpc) is 3.02. The summed E-state index contributed by atoms with van der Waals surface area (Å²) in [5.74, 6) is -0.105. The molecule has 2 aromatic carbocycles. The maximum absolute atomic E-state index is 13.3. The van der Waals surface area contributed by atoms with E-state index in [0.717, 1.165) is 10.7 Å². The summed E-state index contributed by atoms with van der Waals surface area (Å²) in [6.45, 7) is 5.31. The van der Waals surface area contributed by atoms with Crippen molar-refractivity contribution >= 4 is 17.5 Å². The van der Waals surface area contributed by atoms with Crippen molar-refractivity contribution in [2.45, 2.75) is 46.1 Å². The fourth-order valence-electron chi connectivity index (χ4n) is 3.52.